The molecule has 1 aliphatic carbocycles. The average Bonchev–Trinajstić information content (AvgIpc) is 2.85. The van der Waals surface area contributed by atoms with Crippen LogP contribution in [0.25, 0.3) is 11.3 Å². The number of aromatic nitrogens is 2. The van der Waals surface area contributed by atoms with E-state index < -0.39 is 11.6 Å². The third kappa shape index (κ3) is 2.28. The molecule has 1 aromatic heterocycles. The second-order valence-electron chi connectivity index (χ2n) is 5.31. The molecule has 2 N–H and O–H groups in total. The molecule has 1 aliphatic rings. The third-order valence-electron chi connectivity index (χ3n) is 3.92. The molecule has 1 fully saturated rings. The number of halogens is 2. The number of rotatable bonds is 2. The zero-order valence-corrected chi connectivity index (χ0v) is 11.1. The fourth-order valence-corrected chi connectivity index (χ4v) is 2.83. The van der Waals surface area contributed by atoms with Crippen LogP contribution in [0.1, 0.15) is 38.1 Å². The highest BCUT2D eigenvalue weighted by molar-refractivity contribution is 5.72. The molecule has 0 bridgehead atoms. The van der Waals surface area contributed by atoms with Gasteiger partial charge in [-0.25, -0.2) is 8.78 Å². The minimum Gasteiger partial charge on any atom is -0.396 e. The summed E-state index contributed by atoms with van der Waals surface area (Å²) >= 11 is 0. The summed E-state index contributed by atoms with van der Waals surface area (Å²) < 4.78 is 29.0. The largest absolute Gasteiger partial charge is 0.396 e. The molecule has 0 spiro atoms. The molecule has 0 unspecified atom stereocenters. The van der Waals surface area contributed by atoms with Crippen molar-refractivity contribution < 1.29 is 8.78 Å². The molecule has 5 heteroatoms. The van der Waals surface area contributed by atoms with Gasteiger partial charge < -0.3 is 5.73 Å². The highest BCUT2D eigenvalue weighted by atomic mass is 19.2. The molecule has 1 heterocycles. The lowest BCUT2D eigenvalue weighted by Gasteiger charge is -2.21. The van der Waals surface area contributed by atoms with Crippen molar-refractivity contribution in [1.29, 1.82) is 0 Å². The van der Waals surface area contributed by atoms with Crippen molar-refractivity contribution in [2.75, 3.05) is 5.73 Å². The number of hydrogen-bond acceptors (Lipinski definition) is 2. The van der Waals surface area contributed by atoms with Crippen LogP contribution >= 0.6 is 0 Å². The first-order valence-corrected chi connectivity index (χ1v) is 6.96. The van der Waals surface area contributed by atoms with E-state index in [0.717, 1.165) is 18.9 Å². The lowest BCUT2D eigenvalue weighted by molar-refractivity contribution is 0.330. The number of nitrogen functional groups attached to an aromatic ring is 1. The predicted octanol–water partition coefficient (Wildman–Crippen LogP) is 3.92. The van der Waals surface area contributed by atoms with Crippen LogP contribution in [0.4, 0.5) is 14.5 Å². The molecule has 1 saturated carbocycles. The first-order chi connectivity index (χ1) is 9.66. The number of anilines is 1. The van der Waals surface area contributed by atoms with Gasteiger partial charge in [0.25, 0.3) is 0 Å². The normalized spacial score (nSPS) is 16.5. The van der Waals surface area contributed by atoms with Gasteiger partial charge >= 0.3 is 0 Å². The average molecular weight is 277 g/mol. The van der Waals surface area contributed by atoms with Crippen molar-refractivity contribution in [2.24, 2.45) is 0 Å². The van der Waals surface area contributed by atoms with E-state index >= 15 is 0 Å². The summed E-state index contributed by atoms with van der Waals surface area (Å²) in [6, 6.07) is 4.37. The van der Waals surface area contributed by atoms with Crippen LogP contribution in [0.3, 0.4) is 0 Å². The number of benzene rings is 1. The van der Waals surface area contributed by atoms with Gasteiger partial charge in [-0.3, -0.25) is 4.68 Å². The molecule has 1 aromatic carbocycles. The summed E-state index contributed by atoms with van der Waals surface area (Å²) in [5, 5.41) is 4.39. The van der Waals surface area contributed by atoms with Crippen LogP contribution < -0.4 is 5.73 Å². The maximum absolute atomic E-state index is 13.8. The maximum Gasteiger partial charge on any atom is 0.168 e. The van der Waals surface area contributed by atoms with E-state index in [1.807, 2.05) is 4.68 Å². The van der Waals surface area contributed by atoms with Crippen molar-refractivity contribution in [3.8, 4) is 11.3 Å². The zero-order chi connectivity index (χ0) is 14.1. The van der Waals surface area contributed by atoms with Gasteiger partial charge in [0.1, 0.15) is 5.69 Å². The molecular weight excluding hydrogens is 260 g/mol. The molecule has 3 nitrogen and oxygen atoms in total. The molecule has 20 heavy (non-hydrogen) atoms. The van der Waals surface area contributed by atoms with Crippen LogP contribution in [-0.2, 0) is 0 Å². The minimum absolute atomic E-state index is 0.122. The van der Waals surface area contributed by atoms with E-state index in [4.69, 9.17) is 5.73 Å². The Morgan fingerprint density at radius 1 is 1.15 bits per heavy atom. The first-order valence-electron chi connectivity index (χ1n) is 6.96. The predicted molar refractivity (Wildman–Crippen MR) is 74.1 cm³/mol. The Morgan fingerprint density at radius 2 is 1.90 bits per heavy atom. The van der Waals surface area contributed by atoms with Crippen LogP contribution in [-0.4, -0.2) is 9.78 Å². The van der Waals surface area contributed by atoms with Gasteiger partial charge in [-0.15, -0.1) is 0 Å². The number of nitrogens with zero attached hydrogens (tertiary/aromatic N) is 2. The summed E-state index contributed by atoms with van der Waals surface area (Å²) in [4.78, 5) is 0. The summed E-state index contributed by atoms with van der Waals surface area (Å²) in [6.07, 6.45) is 7.45. The van der Waals surface area contributed by atoms with Crippen LogP contribution in [0.15, 0.2) is 24.4 Å². The molecule has 0 atom stereocenters. The highest BCUT2D eigenvalue weighted by Crippen LogP contribution is 2.32. The van der Waals surface area contributed by atoms with Crippen LogP contribution in [0.5, 0.6) is 0 Å². The van der Waals surface area contributed by atoms with E-state index in [0.29, 0.717) is 17.4 Å². The Morgan fingerprint density at radius 3 is 2.65 bits per heavy atom. The Balaban J connectivity index is 1.98. The highest BCUT2D eigenvalue weighted by Gasteiger charge is 2.20. The third-order valence-corrected chi connectivity index (χ3v) is 3.92. The Bertz CT molecular complexity index is 616. The van der Waals surface area contributed by atoms with Crippen LogP contribution in [0, 0.1) is 11.6 Å². The van der Waals surface area contributed by atoms with Crippen molar-refractivity contribution in [3.05, 3.63) is 36.0 Å². The minimum atomic E-state index is -0.895. The van der Waals surface area contributed by atoms with Crippen molar-refractivity contribution in [2.45, 2.75) is 38.1 Å². The molecule has 0 amide bonds. The van der Waals surface area contributed by atoms with Gasteiger partial charge in [-0.2, -0.15) is 5.10 Å². The van der Waals surface area contributed by atoms with Gasteiger partial charge in [-0.05, 0) is 25.0 Å². The van der Waals surface area contributed by atoms with Gasteiger partial charge in [-0.1, -0.05) is 25.3 Å². The molecule has 0 aliphatic heterocycles. The summed E-state index contributed by atoms with van der Waals surface area (Å²) in [5.41, 5.74) is 6.76. The van der Waals surface area contributed by atoms with E-state index in [-0.39, 0.29) is 5.56 Å². The SMILES string of the molecule is Nc1cn(C2CCCCC2)nc1-c1cccc(F)c1F. The fourth-order valence-electron chi connectivity index (χ4n) is 2.83. The van der Waals surface area contributed by atoms with Crippen molar-refractivity contribution >= 4 is 5.69 Å². The molecule has 0 radical (unpaired) electrons. The zero-order valence-electron chi connectivity index (χ0n) is 11.1. The first kappa shape index (κ1) is 13.1. The lowest BCUT2D eigenvalue weighted by atomic mass is 9.96. The Hall–Kier alpha value is -1.91. The van der Waals surface area contributed by atoms with E-state index in [1.54, 1.807) is 6.20 Å². The lowest BCUT2D eigenvalue weighted by Crippen LogP contribution is -2.13. The van der Waals surface area contributed by atoms with Gasteiger partial charge in [0.05, 0.1) is 11.7 Å². The molecule has 0 saturated heterocycles. The fraction of sp³-hybridized carbons (Fsp3) is 0.400. The van der Waals surface area contributed by atoms with Gasteiger partial charge in [0.15, 0.2) is 11.6 Å². The van der Waals surface area contributed by atoms with E-state index in [1.165, 1.54) is 31.4 Å². The second-order valence-corrected chi connectivity index (χ2v) is 5.31. The van der Waals surface area contributed by atoms with E-state index in [9.17, 15) is 8.78 Å². The summed E-state index contributed by atoms with van der Waals surface area (Å²) in [7, 11) is 0. The molecule has 106 valence electrons. The van der Waals surface area contributed by atoms with E-state index in [2.05, 4.69) is 5.10 Å². The number of nitrogens with two attached hydrogens (primary N) is 1. The monoisotopic (exact) mass is 277 g/mol. The van der Waals surface area contributed by atoms with Crippen molar-refractivity contribution in [1.82, 2.24) is 9.78 Å². The maximum atomic E-state index is 13.8. The standard InChI is InChI=1S/C15H17F2N3/c16-12-8-4-7-11(14(12)17)15-13(18)9-20(19-15)10-5-2-1-3-6-10/h4,7-10H,1-3,5-6,18H2. The second kappa shape index (κ2) is 5.23. The Kier molecular flexibility index (Phi) is 3.42. The molecular formula is C15H17F2N3. The van der Waals surface area contributed by atoms with Gasteiger partial charge in [0.2, 0.25) is 0 Å². The number of hydrogen-bond donors (Lipinski definition) is 1. The Labute approximate surface area is 116 Å². The van der Waals surface area contributed by atoms with Crippen molar-refractivity contribution in [3.63, 3.8) is 0 Å². The smallest absolute Gasteiger partial charge is 0.168 e. The van der Waals surface area contributed by atoms with Crippen LogP contribution in [0.2, 0.25) is 0 Å². The quantitative estimate of drug-likeness (QED) is 0.904. The molecule has 2 aromatic rings. The summed E-state index contributed by atoms with van der Waals surface area (Å²) in [5.74, 6) is -1.78. The summed E-state index contributed by atoms with van der Waals surface area (Å²) in [6.45, 7) is 0. The topological polar surface area (TPSA) is 43.8 Å². The molecule has 3 rings (SSSR count). The van der Waals surface area contributed by atoms with Gasteiger partial charge in [0, 0.05) is 11.8 Å².